The number of carbonyl (C=O) groups is 1. The molecular formula is C10H12BrN3O3. The fraction of sp³-hybridized carbons (Fsp3) is 0.500. The van der Waals surface area contributed by atoms with Crippen LogP contribution in [0.3, 0.4) is 0 Å². The van der Waals surface area contributed by atoms with E-state index in [1.807, 2.05) is 0 Å². The number of aromatic nitrogens is 1. The zero-order valence-electron chi connectivity index (χ0n) is 9.03. The number of hydrogen-bond donors (Lipinski definition) is 2. The van der Waals surface area contributed by atoms with Gasteiger partial charge in [0.05, 0.1) is 11.1 Å². The molecule has 1 fully saturated rings. The predicted molar refractivity (Wildman–Crippen MR) is 65.2 cm³/mol. The molecule has 0 spiro atoms. The third-order valence-electron chi connectivity index (χ3n) is 2.99. The highest BCUT2D eigenvalue weighted by Gasteiger charge is 2.41. The Kier molecular flexibility index (Phi) is 3.19. The van der Waals surface area contributed by atoms with Crippen molar-refractivity contribution >= 4 is 27.5 Å². The quantitative estimate of drug-likeness (QED) is 0.494. The summed E-state index contributed by atoms with van der Waals surface area (Å²) in [6.07, 6.45) is 3.42. The SMILES string of the molecule is O=C(NCC1(CBr)CC1)c1cc([N+](=O)[O-])c[nH]1. The zero-order chi connectivity index (χ0) is 12.5. The van der Waals surface area contributed by atoms with E-state index in [-0.39, 0.29) is 22.7 Å². The lowest BCUT2D eigenvalue weighted by Crippen LogP contribution is -2.31. The van der Waals surface area contributed by atoms with Crippen LogP contribution in [-0.4, -0.2) is 27.7 Å². The number of alkyl halides is 1. The summed E-state index contributed by atoms with van der Waals surface area (Å²) in [5.74, 6) is -0.301. The van der Waals surface area contributed by atoms with Gasteiger partial charge in [0.2, 0.25) is 0 Å². The summed E-state index contributed by atoms with van der Waals surface area (Å²) >= 11 is 3.41. The fourth-order valence-corrected chi connectivity index (χ4v) is 2.28. The monoisotopic (exact) mass is 301 g/mol. The van der Waals surface area contributed by atoms with E-state index < -0.39 is 4.92 Å². The first kappa shape index (κ1) is 12.1. The number of nitrogens with zero attached hydrogens (tertiary/aromatic N) is 1. The van der Waals surface area contributed by atoms with Gasteiger partial charge in [0.25, 0.3) is 11.6 Å². The molecule has 0 radical (unpaired) electrons. The van der Waals surface area contributed by atoms with Gasteiger partial charge in [-0.25, -0.2) is 0 Å². The average Bonchev–Trinajstić information content (AvgIpc) is 2.92. The minimum absolute atomic E-state index is 0.100. The summed E-state index contributed by atoms with van der Waals surface area (Å²) in [4.78, 5) is 24.2. The van der Waals surface area contributed by atoms with E-state index in [0.717, 1.165) is 18.2 Å². The molecule has 0 bridgehead atoms. The summed E-state index contributed by atoms with van der Waals surface area (Å²) in [6, 6.07) is 1.24. The van der Waals surface area contributed by atoms with E-state index >= 15 is 0 Å². The van der Waals surface area contributed by atoms with Gasteiger partial charge in [-0.15, -0.1) is 0 Å². The average molecular weight is 302 g/mol. The number of rotatable bonds is 5. The summed E-state index contributed by atoms with van der Waals surface area (Å²) in [6.45, 7) is 0.601. The molecule has 0 saturated heterocycles. The van der Waals surface area contributed by atoms with Crippen molar-refractivity contribution < 1.29 is 9.72 Å². The summed E-state index contributed by atoms with van der Waals surface area (Å²) < 4.78 is 0. The van der Waals surface area contributed by atoms with E-state index in [1.165, 1.54) is 12.3 Å². The maximum absolute atomic E-state index is 11.7. The highest BCUT2D eigenvalue weighted by Crippen LogP contribution is 2.46. The molecule has 0 unspecified atom stereocenters. The van der Waals surface area contributed by atoms with Crippen LogP contribution in [0.15, 0.2) is 12.3 Å². The molecule has 1 aliphatic rings. The molecule has 1 aliphatic carbocycles. The second-order valence-corrected chi connectivity index (χ2v) is 4.91. The number of H-pyrrole nitrogens is 1. The van der Waals surface area contributed by atoms with Crippen molar-refractivity contribution in [1.29, 1.82) is 0 Å². The highest BCUT2D eigenvalue weighted by atomic mass is 79.9. The van der Waals surface area contributed by atoms with Crippen LogP contribution in [0.25, 0.3) is 0 Å². The van der Waals surface area contributed by atoms with Gasteiger partial charge in [0.1, 0.15) is 5.69 Å². The van der Waals surface area contributed by atoms with Crippen LogP contribution in [-0.2, 0) is 0 Å². The number of aromatic amines is 1. The Morgan fingerprint density at radius 2 is 2.35 bits per heavy atom. The Labute approximate surface area is 106 Å². The molecule has 6 nitrogen and oxygen atoms in total. The lowest BCUT2D eigenvalue weighted by molar-refractivity contribution is -0.384. The van der Waals surface area contributed by atoms with Crippen molar-refractivity contribution in [2.45, 2.75) is 12.8 Å². The van der Waals surface area contributed by atoms with Crippen LogP contribution in [0.4, 0.5) is 5.69 Å². The normalized spacial score (nSPS) is 16.5. The minimum Gasteiger partial charge on any atom is -0.351 e. The molecule has 92 valence electrons. The Hall–Kier alpha value is -1.37. The van der Waals surface area contributed by atoms with E-state index in [9.17, 15) is 14.9 Å². The number of amides is 1. The van der Waals surface area contributed by atoms with Crippen LogP contribution in [0.5, 0.6) is 0 Å². The van der Waals surface area contributed by atoms with Crippen LogP contribution >= 0.6 is 15.9 Å². The zero-order valence-corrected chi connectivity index (χ0v) is 10.6. The maximum atomic E-state index is 11.7. The topological polar surface area (TPSA) is 88.0 Å². The summed E-state index contributed by atoms with van der Waals surface area (Å²) in [5, 5.41) is 14.1. The molecule has 0 atom stereocenters. The molecule has 1 saturated carbocycles. The molecule has 0 aliphatic heterocycles. The van der Waals surface area contributed by atoms with Crippen molar-refractivity contribution in [1.82, 2.24) is 10.3 Å². The predicted octanol–water partition coefficient (Wildman–Crippen LogP) is 1.83. The molecule has 17 heavy (non-hydrogen) atoms. The van der Waals surface area contributed by atoms with Gasteiger partial charge < -0.3 is 10.3 Å². The van der Waals surface area contributed by atoms with Crippen molar-refractivity contribution in [3.05, 3.63) is 28.1 Å². The second kappa shape index (κ2) is 4.48. The number of nitrogens with one attached hydrogen (secondary N) is 2. The molecule has 2 N–H and O–H groups in total. The van der Waals surface area contributed by atoms with Crippen molar-refractivity contribution in [3.8, 4) is 0 Å². The number of hydrogen-bond acceptors (Lipinski definition) is 3. The van der Waals surface area contributed by atoms with Gasteiger partial charge in [0, 0.05) is 17.9 Å². The molecule has 2 rings (SSSR count). The van der Waals surface area contributed by atoms with Crippen LogP contribution in [0, 0.1) is 15.5 Å². The lowest BCUT2D eigenvalue weighted by atomic mass is 10.1. The Bertz CT molecular complexity index is 453. The smallest absolute Gasteiger partial charge is 0.287 e. The highest BCUT2D eigenvalue weighted by molar-refractivity contribution is 9.09. The van der Waals surface area contributed by atoms with Crippen LogP contribution < -0.4 is 5.32 Å². The number of carbonyl (C=O) groups excluding carboxylic acids is 1. The molecule has 1 aromatic heterocycles. The van der Waals surface area contributed by atoms with Crippen molar-refractivity contribution in [2.75, 3.05) is 11.9 Å². The molecule has 7 heteroatoms. The largest absolute Gasteiger partial charge is 0.351 e. The fourth-order valence-electron chi connectivity index (χ4n) is 1.52. The van der Waals surface area contributed by atoms with Gasteiger partial charge >= 0.3 is 0 Å². The first-order valence-electron chi connectivity index (χ1n) is 5.23. The van der Waals surface area contributed by atoms with Gasteiger partial charge in [-0.05, 0) is 18.3 Å². The Morgan fingerprint density at radius 1 is 1.65 bits per heavy atom. The molecule has 1 heterocycles. The summed E-state index contributed by atoms with van der Waals surface area (Å²) in [5.41, 5.74) is 0.313. The number of nitro groups is 1. The van der Waals surface area contributed by atoms with E-state index in [2.05, 4.69) is 26.2 Å². The van der Waals surface area contributed by atoms with E-state index in [1.54, 1.807) is 0 Å². The van der Waals surface area contributed by atoms with Gasteiger partial charge in [0.15, 0.2) is 0 Å². The third-order valence-corrected chi connectivity index (χ3v) is 4.18. The summed E-state index contributed by atoms with van der Waals surface area (Å²) in [7, 11) is 0. The van der Waals surface area contributed by atoms with Crippen molar-refractivity contribution in [3.63, 3.8) is 0 Å². The molecule has 0 aromatic carbocycles. The standard InChI is InChI=1S/C10H12BrN3O3/c11-5-10(1-2-10)6-13-9(15)8-3-7(4-12-8)14(16)17/h3-4,12H,1-2,5-6H2,(H,13,15). The van der Waals surface area contributed by atoms with Gasteiger partial charge in [-0.2, -0.15) is 0 Å². The van der Waals surface area contributed by atoms with Gasteiger partial charge in [-0.1, -0.05) is 15.9 Å². The minimum atomic E-state index is -0.534. The molecule has 1 aromatic rings. The molecular weight excluding hydrogens is 290 g/mol. The Balaban J connectivity index is 1.93. The number of halogens is 1. The molecule has 1 amide bonds. The van der Waals surface area contributed by atoms with E-state index in [0.29, 0.717) is 6.54 Å². The van der Waals surface area contributed by atoms with Crippen LogP contribution in [0.2, 0.25) is 0 Å². The maximum Gasteiger partial charge on any atom is 0.287 e. The van der Waals surface area contributed by atoms with Crippen molar-refractivity contribution in [2.24, 2.45) is 5.41 Å². The third kappa shape index (κ3) is 2.66. The second-order valence-electron chi connectivity index (χ2n) is 4.34. The Morgan fingerprint density at radius 3 is 2.82 bits per heavy atom. The first-order chi connectivity index (χ1) is 8.06. The van der Waals surface area contributed by atoms with E-state index in [4.69, 9.17) is 0 Å². The van der Waals surface area contributed by atoms with Crippen LogP contribution in [0.1, 0.15) is 23.3 Å². The van der Waals surface area contributed by atoms with Gasteiger partial charge in [-0.3, -0.25) is 14.9 Å². The first-order valence-corrected chi connectivity index (χ1v) is 6.35. The lowest BCUT2D eigenvalue weighted by Gasteiger charge is -2.11.